The molecule has 3 rings (SSSR count). The van der Waals surface area contributed by atoms with Crippen LogP contribution in [0.1, 0.15) is 18.4 Å². The average molecular weight is 246 g/mol. The van der Waals surface area contributed by atoms with Gasteiger partial charge in [0.05, 0.1) is 6.10 Å². The lowest BCUT2D eigenvalue weighted by atomic mass is 9.82. The summed E-state index contributed by atoms with van der Waals surface area (Å²) in [5.74, 6) is 0.514. The maximum Gasteiger partial charge on any atom is 0.242 e. The predicted octanol–water partition coefficient (Wildman–Crippen LogP) is 0.910. The third-order valence-corrected chi connectivity index (χ3v) is 3.86. The number of anilines is 1. The smallest absolute Gasteiger partial charge is 0.242 e. The fourth-order valence-corrected chi connectivity index (χ4v) is 2.69. The fraction of sp³-hybridized carbons (Fsp3) is 0.500. The molecule has 0 spiro atoms. The molecule has 0 saturated heterocycles. The second-order valence-corrected chi connectivity index (χ2v) is 5.29. The van der Waals surface area contributed by atoms with Gasteiger partial charge in [0.1, 0.15) is 6.04 Å². The van der Waals surface area contributed by atoms with Crippen molar-refractivity contribution in [2.24, 2.45) is 5.92 Å². The van der Waals surface area contributed by atoms with Crippen molar-refractivity contribution in [1.29, 1.82) is 0 Å². The van der Waals surface area contributed by atoms with E-state index >= 15 is 0 Å². The standard InChI is InChI=1S/C14H18N2O2/c17-11-5-9(6-11)8-15-14(18)13-7-10-3-1-2-4-12(10)16-13/h1-4,9,11,13,16-17H,5-8H2,(H,15,18)/t9?,11?,13-/m0/s1. The number of hydrogen-bond donors (Lipinski definition) is 3. The maximum absolute atomic E-state index is 12.0. The first-order valence-electron chi connectivity index (χ1n) is 6.52. The molecule has 4 nitrogen and oxygen atoms in total. The molecule has 1 aliphatic carbocycles. The minimum atomic E-state index is -0.152. The van der Waals surface area contributed by atoms with Crippen LogP contribution < -0.4 is 10.6 Å². The Bertz CT molecular complexity index is 430. The molecule has 1 atom stereocenters. The van der Waals surface area contributed by atoms with Crippen LogP contribution in [0, 0.1) is 5.92 Å². The van der Waals surface area contributed by atoms with Crippen molar-refractivity contribution < 1.29 is 9.90 Å². The second kappa shape index (κ2) is 4.61. The van der Waals surface area contributed by atoms with E-state index < -0.39 is 0 Å². The first kappa shape index (κ1) is 11.5. The Morgan fingerprint density at radius 1 is 1.39 bits per heavy atom. The van der Waals surface area contributed by atoms with E-state index in [1.165, 1.54) is 5.56 Å². The quantitative estimate of drug-likeness (QED) is 0.743. The number of aliphatic hydroxyl groups is 1. The van der Waals surface area contributed by atoms with E-state index in [0.29, 0.717) is 12.5 Å². The first-order valence-corrected chi connectivity index (χ1v) is 6.52. The lowest BCUT2D eigenvalue weighted by molar-refractivity contribution is -0.122. The van der Waals surface area contributed by atoms with Crippen LogP contribution in [0.25, 0.3) is 0 Å². The van der Waals surface area contributed by atoms with Crippen LogP contribution in [-0.2, 0) is 11.2 Å². The van der Waals surface area contributed by atoms with Crippen LogP contribution in [0.3, 0.4) is 0 Å². The van der Waals surface area contributed by atoms with E-state index in [4.69, 9.17) is 0 Å². The highest BCUT2D eigenvalue weighted by Crippen LogP contribution is 2.27. The lowest BCUT2D eigenvalue weighted by Crippen LogP contribution is -2.44. The van der Waals surface area contributed by atoms with Gasteiger partial charge >= 0.3 is 0 Å². The highest BCUT2D eigenvalue weighted by atomic mass is 16.3. The molecule has 1 aromatic carbocycles. The van der Waals surface area contributed by atoms with Crippen LogP contribution in [-0.4, -0.2) is 29.7 Å². The van der Waals surface area contributed by atoms with Gasteiger partial charge in [0, 0.05) is 18.7 Å². The van der Waals surface area contributed by atoms with E-state index in [9.17, 15) is 9.90 Å². The minimum Gasteiger partial charge on any atom is -0.393 e. The zero-order chi connectivity index (χ0) is 12.5. The number of aliphatic hydroxyl groups excluding tert-OH is 1. The van der Waals surface area contributed by atoms with E-state index in [1.807, 2.05) is 18.2 Å². The van der Waals surface area contributed by atoms with Gasteiger partial charge in [-0.15, -0.1) is 0 Å². The summed E-state index contributed by atoms with van der Waals surface area (Å²) >= 11 is 0. The zero-order valence-corrected chi connectivity index (χ0v) is 10.2. The maximum atomic E-state index is 12.0. The molecule has 0 unspecified atom stereocenters. The number of carbonyl (C=O) groups excluding carboxylic acids is 1. The zero-order valence-electron chi connectivity index (χ0n) is 10.2. The highest BCUT2D eigenvalue weighted by Gasteiger charge is 2.30. The van der Waals surface area contributed by atoms with Gasteiger partial charge < -0.3 is 15.7 Å². The van der Waals surface area contributed by atoms with Gasteiger partial charge in [-0.3, -0.25) is 4.79 Å². The number of carbonyl (C=O) groups is 1. The normalized spacial score (nSPS) is 29.1. The first-order chi connectivity index (χ1) is 8.72. The van der Waals surface area contributed by atoms with E-state index in [2.05, 4.69) is 16.7 Å². The molecule has 1 aromatic rings. The molecule has 0 bridgehead atoms. The Balaban J connectivity index is 1.50. The Kier molecular flexibility index (Phi) is 2.96. The molecular formula is C14H18N2O2. The van der Waals surface area contributed by atoms with Gasteiger partial charge in [-0.25, -0.2) is 0 Å². The van der Waals surface area contributed by atoms with Crippen molar-refractivity contribution in [3.63, 3.8) is 0 Å². The largest absolute Gasteiger partial charge is 0.393 e. The number of para-hydroxylation sites is 1. The number of rotatable bonds is 3. The molecule has 0 aromatic heterocycles. The van der Waals surface area contributed by atoms with Crippen LogP contribution in [0.2, 0.25) is 0 Å². The third-order valence-electron chi connectivity index (χ3n) is 3.86. The van der Waals surface area contributed by atoms with Crippen LogP contribution in [0.4, 0.5) is 5.69 Å². The Morgan fingerprint density at radius 2 is 2.17 bits per heavy atom. The number of amides is 1. The summed E-state index contributed by atoms with van der Waals surface area (Å²) in [5, 5.41) is 15.4. The SMILES string of the molecule is O=C(NCC1CC(O)C1)[C@@H]1Cc2ccccc2N1. The molecule has 4 heteroatoms. The van der Waals surface area contributed by atoms with Gasteiger partial charge in [0.25, 0.3) is 0 Å². The van der Waals surface area contributed by atoms with Gasteiger partial charge in [-0.2, -0.15) is 0 Å². The van der Waals surface area contributed by atoms with Crippen LogP contribution in [0.15, 0.2) is 24.3 Å². The topological polar surface area (TPSA) is 61.4 Å². The monoisotopic (exact) mass is 246 g/mol. The minimum absolute atomic E-state index is 0.0626. The molecule has 0 radical (unpaired) electrons. The van der Waals surface area contributed by atoms with Crippen molar-refractivity contribution in [2.75, 3.05) is 11.9 Å². The highest BCUT2D eigenvalue weighted by molar-refractivity contribution is 5.87. The number of benzene rings is 1. The number of nitrogens with one attached hydrogen (secondary N) is 2. The van der Waals surface area contributed by atoms with Crippen LogP contribution >= 0.6 is 0 Å². The van der Waals surface area contributed by atoms with E-state index in [0.717, 1.165) is 24.9 Å². The molecule has 1 heterocycles. The van der Waals surface area contributed by atoms with Crippen molar-refractivity contribution >= 4 is 11.6 Å². The molecule has 3 N–H and O–H groups in total. The Morgan fingerprint density at radius 3 is 2.89 bits per heavy atom. The Hall–Kier alpha value is -1.55. The number of fused-ring (bicyclic) bond motifs is 1. The van der Waals surface area contributed by atoms with Crippen molar-refractivity contribution in [3.8, 4) is 0 Å². The molecule has 1 fully saturated rings. The van der Waals surface area contributed by atoms with Gasteiger partial charge in [0.15, 0.2) is 0 Å². The average Bonchev–Trinajstić information content (AvgIpc) is 2.76. The molecule has 96 valence electrons. The summed E-state index contributed by atoms with van der Waals surface area (Å²) in [5.41, 5.74) is 2.27. The Labute approximate surface area is 106 Å². The fourth-order valence-electron chi connectivity index (χ4n) is 2.69. The molecule has 1 saturated carbocycles. The molecule has 1 amide bonds. The van der Waals surface area contributed by atoms with Crippen molar-refractivity contribution in [2.45, 2.75) is 31.4 Å². The molecule has 18 heavy (non-hydrogen) atoms. The van der Waals surface area contributed by atoms with Crippen molar-refractivity contribution in [3.05, 3.63) is 29.8 Å². The molecular weight excluding hydrogens is 228 g/mol. The van der Waals surface area contributed by atoms with Crippen molar-refractivity contribution in [1.82, 2.24) is 5.32 Å². The summed E-state index contributed by atoms with van der Waals surface area (Å²) in [6, 6.07) is 7.88. The predicted molar refractivity (Wildman–Crippen MR) is 69.3 cm³/mol. The number of hydrogen-bond acceptors (Lipinski definition) is 3. The van der Waals surface area contributed by atoms with Gasteiger partial charge in [-0.1, -0.05) is 18.2 Å². The summed E-state index contributed by atoms with van der Waals surface area (Å²) in [7, 11) is 0. The van der Waals surface area contributed by atoms with Gasteiger partial charge in [0.2, 0.25) is 5.91 Å². The third kappa shape index (κ3) is 2.20. The summed E-state index contributed by atoms with van der Waals surface area (Å²) in [6.07, 6.45) is 2.24. The van der Waals surface area contributed by atoms with E-state index in [-0.39, 0.29) is 18.1 Å². The summed E-state index contributed by atoms with van der Waals surface area (Å²) in [4.78, 5) is 12.0. The van der Waals surface area contributed by atoms with E-state index in [1.54, 1.807) is 0 Å². The molecule has 2 aliphatic rings. The lowest BCUT2D eigenvalue weighted by Gasteiger charge is -2.31. The summed E-state index contributed by atoms with van der Waals surface area (Å²) < 4.78 is 0. The van der Waals surface area contributed by atoms with Crippen LogP contribution in [0.5, 0.6) is 0 Å². The summed E-state index contributed by atoms with van der Waals surface area (Å²) in [6.45, 7) is 0.685. The second-order valence-electron chi connectivity index (χ2n) is 5.29. The molecule has 1 aliphatic heterocycles. The van der Waals surface area contributed by atoms with Gasteiger partial charge in [-0.05, 0) is 30.4 Å².